The number of rotatable bonds is 4. The van der Waals surface area contributed by atoms with Crippen LogP contribution in [0.4, 0.5) is 0 Å². The van der Waals surface area contributed by atoms with Gasteiger partial charge >= 0.3 is 0 Å². The van der Waals surface area contributed by atoms with Crippen molar-refractivity contribution in [3.8, 4) is 0 Å². The first-order valence-corrected chi connectivity index (χ1v) is 6.86. The lowest BCUT2D eigenvalue weighted by atomic mass is 9.94. The molecule has 0 N–H and O–H groups in total. The molecule has 84 valence electrons. The summed E-state index contributed by atoms with van der Waals surface area (Å²) in [7, 11) is 0. The molecule has 1 saturated carbocycles. The maximum atomic E-state index is 4.17. The molecule has 0 atom stereocenters. The van der Waals surface area contributed by atoms with Crippen molar-refractivity contribution in [3.05, 3.63) is 17.1 Å². The fourth-order valence-corrected chi connectivity index (χ4v) is 3.01. The van der Waals surface area contributed by atoms with Gasteiger partial charge in [-0.3, -0.25) is 4.90 Å². The van der Waals surface area contributed by atoms with Gasteiger partial charge in [-0.15, -0.1) is 0 Å². The highest BCUT2D eigenvalue weighted by Crippen LogP contribution is 2.23. The van der Waals surface area contributed by atoms with E-state index in [-0.39, 0.29) is 0 Å². The second kappa shape index (κ2) is 5.61. The molecule has 0 aliphatic heterocycles. The quantitative estimate of drug-likeness (QED) is 0.780. The van der Waals surface area contributed by atoms with Crippen LogP contribution in [0.5, 0.6) is 0 Å². The number of hydrogen-bond acceptors (Lipinski definition) is 3. The molecule has 1 fully saturated rings. The van der Waals surface area contributed by atoms with Gasteiger partial charge in [0.1, 0.15) is 0 Å². The summed E-state index contributed by atoms with van der Waals surface area (Å²) < 4.78 is 4.17. The summed E-state index contributed by atoms with van der Waals surface area (Å²) in [5.41, 5.74) is 1.38. The van der Waals surface area contributed by atoms with Gasteiger partial charge in [0.05, 0.1) is 0 Å². The molecule has 1 heterocycles. The fourth-order valence-electron chi connectivity index (χ4n) is 2.48. The average molecular weight is 224 g/mol. The summed E-state index contributed by atoms with van der Waals surface area (Å²) in [5, 5.41) is 2.17. The molecule has 0 bridgehead atoms. The Morgan fingerprint density at radius 3 is 2.80 bits per heavy atom. The molecular formula is C12H20N2S. The van der Waals surface area contributed by atoms with Crippen molar-refractivity contribution in [2.45, 2.75) is 51.6 Å². The summed E-state index contributed by atoms with van der Waals surface area (Å²) in [4.78, 5) is 2.61. The summed E-state index contributed by atoms with van der Waals surface area (Å²) in [6, 6.07) is 0.823. The first-order chi connectivity index (χ1) is 7.40. The van der Waals surface area contributed by atoms with Crippen LogP contribution in [0.25, 0.3) is 0 Å². The van der Waals surface area contributed by atoms with Gasteiger partial charge in [-0.25, -0.2) is 4.37 Å². The predicted octanol–water partition coefficient (Wildman–Crippen LogP) is 3.30. The zero-order valence-corrected chi connectivity index (χ0v) is 10.3. The highest BCUT2D eigenvalue weighted by Gasteiger charge is 2.19. The summed E-state index contributed by atoms with van der Waals surface area (Å²) in [6.07, 6.45) is 9.08. The lowest BCUT2D eigenvalue weighted by molar-refractivity contribution is 0.156. The van der Waals surface area contributed by atoms with Crippen LogP contribution in [-0.2, 0) is 6.54 Å². The van der Waals surface area contributed by atoms with E-state index in [1.807, 2.05) is 6.20 Å². The molecule has 0 amide bonds. The van der Waals surface area contributed by atoms with E-state index in [9.17, 15) is 0 Å². The van der Waals surface area contributed by atoms with E-state index in [2.05, 4.69) is 21.6 Å². The predicted molar refractivity (Wildman–Crippen MR) is 65.1 cm³/mol. The Kier molecular flexibility index (Phi) is 4.15. The Balaban J connectivity index is 1.91. The largest absolute Gasteiger partial charge is 0.296 e. The van der Waals surface area contributed by atoms with Crippen LogP contribution in [0.3, 0.4) is 0 Å². The number of nitrogens with zero attached hydrogens (tertiary/aromatic N) is 2. The van der Waals surface area contributed by atoms with Crippen molar-refractivity contribution >= 4 is 11.5 Å². The van der Waals surface area contributed by atoms with Gasteiger partial charge in [-0.05, 0) is 36.5 Å². The van der Waals surface area contributed by atoms with Gasteiger partial charge in [-0.2, -0.15) is 0 Å². The molecule has 15 heavy (non-hydrogen) atoms. The van der Waals surface area contributed by atoms with Gasteiger partial charge < -0.3 is 0 Å². The van der Waals surface area contributed by atoms with Crippen LogP contribution in [0.2, 0.25) is 0 Å². The second-order valence-electron chi connectivity index (χ2n) is 4.39. The number of hydrogen-bond donors (Lipinski definition) is 0. The van der Waals surface area contributed by atoms with Crippen molar-refractivity contribution < 1.29 is 0 Å². The van der Waals surface area contributed by atoms with E-state index >= 15 is 0 Å². The van der Waals surface area contributed by atoms with Crippen LogP contribution in [0.1, 0.15) is 44.6 Å². The van der Waals surface area contributed by atoms with Crippen molar-refractivity contribution in [3.63, 3.8) is 0 Å². The highest BCUT2D eigenvalue weighted by atomic mass is 32.1. The Bertz CT molecular complexity index is 265. The van der Waals surface area contributed by atoms with Gasteiger partial charge in [-0.1, -0.05) is 26.2 Å². The molecule has 3 heteroatoms. The average Bonchev–Trinajstić information content (AvgIpc) is 2.80. The van der Waals surface area contributed by atoms with E-state index < -0.39 is 0 Å². The summed E-state index contributed by atoms with van der Waals surface area (Å²) in [5.74, 6) is 0. The minimum atomic E-state index is 0.823. The molecule has 0 aromatic carbocycles. The SMILES string of the molecule is CCN(Cc1cnsc1)C1CCCCC1. The van der Waals surface area contributed by atoms with E-state index in [0.29, 0.717) is 0 Å². The number of aromatic nitrogens is 1. The van der Waals surface area contributed by atoms with Crippen molar-refractivity contribution in [1.82, 2.24) is 9.27 Å². The monoisotopic (exact) mass is 224 g/mol. The molecule has 1 aromatic heterocycles. The normalized spacial score (nSPS) is 18.5. The zero-order chi connectivity index (χ0) is 10.5. The van der Waals surface area contributed by atoms with E-state index in [0.717, 1.165) is 12.6 Å². The molecule has 1 aliphatic rings. The van der Waals surface area contributed by atoms with Gasteiger partial charge in [0.15, 0.2) is 0 Å². The van der Waals surface area contributed by atoms with Gasteiger partial charge in [0.2, 0.25) is 0 Å². The fraction of sp³-hybridized carbons (Fsp3) is 0.750. The molecule has 2 nitrogen and oxygen atoms in total. The first kappa shape index (κ1) is 11.1. The minimum Gasteiger partial charge on any atom is -0.296 e. The highest BCUT2D eigenvalue weighted by molar-refractivity contribution is 7.03. The molecule has 1 aromatic rings. The standard InChI is InChI=1S/C12H20N2S/c1-2-14(9-11-8-13-15-10-11)12-6-4-3-5-7-12/h8,10,12H,2-7,9H2,1H3. The Morgan fingerprint density at radius 2 is 2.20 bits per heavy atom. The minimum absolute atomic E-state index is 0.823. The van der Waals surface area contributed by atoms with Crippen LogP contribution in [0.15, 0.2) is 11.6 Å². The first-order valence-electron chi connectivity index (χ1n) is 6.02. The summed E-state index contributed by atoms with van der Waals surface area (Å²) >= 11 is 1.56. The molecule has 0 spiro atoms. The van der Waals surface area contributed by atoms with Crippen LogP contribution >= 0.6 is 11.5 Å². The molecule has 0 radical (unpaired) electrons. The topological polar surface area (TPSA) is 16.1 Å². The lowest BCUT2D eigenvalue weighted by Crippen LogP contribution is -2.35. The van der Waals surface area contributed by atoms with E-state index in [4.69, 9.17) is 0 Å². The Morgan fingerprint density at radius 1 is 1.40 bits per heavy atom. The third-order valence-corrected chi connectivity index (χ3v) is 4.00. The lowest BCUT2D eigenvalue weighted by Gasteiger charge is -2.33. The van der Waals surface area contributed by atoms with Crippen molar-refractivity contribution in [2.24, 2.45) is 0 Å². The smallest absolute Gasteiger partial charge is 0.0452 e. The maximum absolute atomic E-state index is 4.17. The maximum Gasteiger partial charge on any atom is 0.0452 e. The van der Waals surface area contributed by atoms with Crippen LogP contribution in [0, 0.1) is 0 Å². The Hall–Kier alpha value is -0.410. The van der Waals surface area contributed by atoms with E-state index in [1.54, 1.807) is 11.5 Å². The van der Waals surface area contributed by atoms with Gasteiger partial charge in [0.25, 0.3) is 0 Å². The Labute approximate surface area is 96.5 Å². The molecule has 0 unspecified atom stereocenters. The zero-order valence-electron chi connectivity index (χ0n) is 9.48. The third-order valence-electron chi connectivity index (χ3n) is 3.37. The molecular weight excluding hydrogens is 204 g/mol. The van der Waals surface area contributed by atoms with Crippen molar-refractivity contribution in [1.29, 1.82) is 0 Å². The molecule has 1 aliphatic carbocycles. The second-order valence-corrected chi connectivity index (χ2v) is 5.04. The van der Waals surface area contributed by atoms with Gasteiger partial charge in [0, 0.05) is 24.2 Å². The van der Waals surface area contributed by atoms with Crippen molar-refractivity contribution in [2.75, 3.05) is 6.54 Å². The molecule has 0 saturated heterocycles. The summed E-state index contributed by atoms with van der Waals surface area (Å²) in [6.45, 7) is 4.53. The van der Waals surface area contributed by atoms with E-state index in [1.165, 1.54) is 44.2 Å². The third kappa shape index (κ3) is 3.02. The van der Waals surface area contributed by atoms with Crippen LogP contribution in [-0.4, -0.2) is 21.9 Å². The molecule has 2 rings (SSSR count). The van der Waals surface area contributed by atoms with Crippen LogP contribution < -0.4 is 0 Å².